The van der Waals surface area contributed by atoms with E-state index in [2.05, 4.69) is 5.32 Å². The minimum atomic E-state index is -1.04. The maximum Gasteiger partial charge on any atom is 0.371 e. The summed E-state index contributed by atoms with van der Waals surface area (Å²) in [6.07, 6.45) is 2.01. The van der Waals surface area contributed by atoms with E-state index in [1.165, 1.54) is 6.07 Å². The second kappa shape index (κ2) is 6.21. The number of unbranched alkanes of at least 4 members (excludes halogenated alkanes) is 1. The van der Waals surface area contributed by atoms with Crippen LogP contribution < -0.4 is 11.1 Å². The lowest BCUT2D eigenvalue weighted by atomic mass is 10.3. The van der Waals surface area contributed by atoms with Gasteiger partial charge in [-0.25, -0.2) is 4.79 Å². The Morgan fingerprint density at radius 1 is 1.47 bits per heavy atom. The van der Waals surface area contributed by atoms with E-state index in [1.807, 2.05) is 0 Å². The fraction of sp³-hybridized carbons (Fsp3) is 0.500. The van der Waals surface area contributed by atoms with Gasteiger partial charge in [0, 0.05) is 0 Å². The van der Waals surface area contributed by atoms with Crippen LogP contribution >= 0.6 is 0 Å². The minimum Gasteiger partial charge on any atom is -0.475 e. The van der Waals surface area contributed by atoms with Gasteiger partial charge in [-0.3, -0.25) is 0 Å². The smallest absolute Gasteiger partial charge is 0.371 e. The third-order valence-electron chi connectivity index (χ3n) is 1.98. The third kappa shape index (κ3) is 4.14. The predicted octanol–water partition coefficient (Wildman–Crippen LogP) is 0.806. The average Bonchev–Trinajstić information content (AvgIpc) is 2.66. The summed E-state index contributed by atoms with van der Waals surface area (Å²) in [6.45, 7) is 2.11. The highest BCUT2D eigenvalue weighted by Crippen LogP contribution is 2.07. The normalized spacial score (nSPS) is 10.5. The maximum absolute atomic E-state index is 10.5. The highest BCUT2D eigenvalue weighted by molar-refractivity contribution is 5.84. The van der Waals surface area contributed by atoms with Gasteiger partial charge in [0.15, 0.2) is 0 Å². The fourth-order valence-corrected chi connectivity index (χ4v) is 1.19. The molecule has 0 aliphatic heterocycles. The molecule has 0 fully saturated rings. The molecule has 5 nitrogen and oxygen atoms in total. The molecule has 0 atom stereocenters. The Balaban J connectivity index is 2.23. The van der Waals surface area contributed by atoms with Gasteiger partial charge in [0.2, 0.25) is 5.76 Å². The van der Waals surface area contributed by atoms with Crippen LogP contribution in [0.15, 0.2) is 16.5 Å². The van der Waals surface area contributed by atoms with E-state index in [0.717, 1.165) is 19.4 Å². The Morgan fingerprint density at radius 3 is 2.87 bits per heavy atom. The van der Waals surface area contributed by atoms with E-state index in [4.69, 9.17) is 15.3 Å². The Bertz CT molecular complexity index is 309. The number of carboxylic acid groups (broad SMARTS) is 1. The monoisotopic (exact) mass is 212 g/mol. The number of hydrogen-bond acceptors (Lipinski definition) is 4. The zero-order valence-corrected chi connectivity index (χ0v) is 8.53. The molecule has 0 amide bonds. The lowest BCUT2D eigenvalue weighted by Crippen LogP contribution is -2.15. The molecule has 1 rings (SSSR count). The lowest BCUT2D eigenvalue weighted by Gasteiger charge is -2.00. The molecule has 0 aliphatic rings. The van der Waals surface area contributed by atoms with Gasteiger partial charge in [0.05, 0.1) is 6.54 Å². The van der Waals surface area contributed by atoms with Crippen molar-refractivity contribution in [3.63, 3.8) is 0 Å². The summed E-state index contributed by atoms with van der Waals surface area (Å²) in [5, 5.41) is 11.8. The molecule has 0 spiro atoms. The van der Waals surface area contributed by atoms with Gasteiger partial charge in [-0.2, -0.15) is 0 Å². The van der Waals surface area contributed by atoms with Crippen molar-refractivity contribution in [2.24, 2.45) is 5.73 Å². The van der Waals surface area contributed by atoms with Crippen LogP contribution in [0.2, 0.25) is 0 Å². The first kappa shape index (κ1) is 11.7. The molecule has 5 heteroatoms. The van der Waals surface area contributed by atoms with Gasteiger partial charge < -0.3 is 20.6 Å². The van der Waals surface area contributed by atoms with Crippen molar-refractivity contribution < 1.29 is 14.3 Å². The van der Waals surface area contributed by atoms with Crippen molar-refractivity contribution in [1.29, 1.82) is 0 Å². The van der Waals surface area contributed by atoms with E-state index >= 15 is 0 Å². The summed E-state index contributed by atoms with van der Waals surface area (Å²) < 4.78 is 5.06. The van der Waals surface area contributed by atoms with Crippen LogP contribution in [0.25, 0.3) is 0 Å². The van der Waals surface area contributed by atoms with Crippen LogP contribution in [0.3, 0.4) is 0 Å². The van der Waals surface area contributed by atoms with Crippen LogP contribution in [0.4, 0.5) is 0 Å². The molecule has 1 aromatic rings. The van der Waals surface area contributed by atoms with Gasteiger partial charge in [-0.15, -0.1) is 0 Å². The average molecular weight is 212 g/mol. The van der Waals surface area contributed by atoms with E-state index in [9.17, 15) is 4.79 Å². The summed E-state index contributed by atoms with van der Waals surface area (Å²) in [5.74, 6) is -0.418. The molecule has 0 saturated carbocycles. The number of rotatable bonds is 7. The minimum absolute atomic E-state index is 0.0197. The quantitative estimate of drug-likeness (QED) is 0.582. The number of carbonyl (C=O) groups is 1. The summed E-state index contributed by atoms with van der Waals surface area (Å²) in [4.78, 5) is 10.5. The highest BCUT2D eigenvalue weighted by atomic mass is 16.4. The molecule has 0 aliphatic carbocycles. The highest BCUT2D eigenvalue weighted by Gasteiger charge is 2.07. The van der Waals surface area contributed by atoms with E-state index in [1.54, 1.807) is 6.07 Å². The first-order chi connectivity index (χ1) is 7.24. The molecule has 15 heavy (non-hydrogen) atoms. The van der Waals surface area contributed by atoms with Gasteiger partial charge >= 0.3 is 5.97 Å². The van der Waals surface area contributed by atoms with Crippen LogP contribution in [0.1, 0.15) is 29.2 Å². The van der Waals surface area contributed by atoms with Crippen LogP contribution in [-0.4, -0.2) is 24.2 Å². The van der Waals surface area contributed by atoms with Crippen molar-refractivity contribution in [1.82, 2.24) is 5.32 Å². The Morgan fingerprint density at radius 2 is 2.27 bits per heavy atom. The first-order valence-electron chi connectivity index (χ1n) is 4.97. The van der Waals surface area contributed by atoms with Crippen molar-refractivity contribution in [2.75, 3.05) is 13.1 Å². The number of nitrogens with one attached hydrogen (secondary N) is 1. The van der Waals surface area contributed by atoms with Gasteiger partial charge in [0.1, 0.15) is 5.76 Å². The standard InChI is InChI=1S/C10H16N2O3/c11-5-1-2-6-12-7-8-3-4-9(15-8)10(13)14/h3-4,12H,1-2,5-7,11H2,(H,13,14). The summed E-state index contributed by atoms with van der Waals surface area (Å²) in [5.41, 5.74) is 5.35. The summed E-state index contributed by atoms with van der Waals surface area (Å²) in [6, 6.07) is 3.12. The van der Waals surface area contributed by atoms with E-state index in [-0.39, 0.29) is 5.76 Å². The fourth-order valence-electron chi connectivity index (χ4n) is 1.19. The van der Waals surface area contributed by atoms with Crippen LogP contribution in [-0.2, 0) is 6.54 Å². The zero-order valence-electron chi connectivity index (χ0n) is 8.53. The molecular weight excluding hydrogens is 196 g/mol. The molecule has 84 valence electrons. The van der Waals surface area contributed by atoms with Crippen molar-refractivity contribution >= 4 is 5.97 Å². The molecule has 1 aromatic heterocycles. The zero-order chi connectivity index (χ0) is 11.1. The Kier molecular flexibility index (Phi) is 4.86. The molecule has 0 radical (unpaired) electrons. The SMILES string of the molecule is NCCCCNCc1ccc(C(=O)O)o1. The van der Waals surface area contributed by atoms with Crippen LogP contribution in [0.5, 0.6) is 0 Å². The third-order valence-corrected chi connectivity index (χ3v) is 1.98. The molecule has 1 heterocycles. The maximum atomic E-state index is 10.5. The van der Waals surface area contributed by atoms with Gasteiger partial charge in [-0.05, 0) is 38.1 Å². The lowest BCUT2D eigenvalue weighted by molar-refractivity contribution is 0.0660. The number of aromatic carboxylic acids is 1. The Hall–Kier alpha value is -1.33. The second-order valence-electron chi connectivity index (χ2n) is 3.24. The second-order valence-corrected chi connectivity index (χ2v) is 3.24. The van der Waals surface area contributed by atoms with Crippen LogP contribution in [0, 0.1) is 0 Å². The summed E-state index contributed by atoms with van der Waals surface area (Å²) >= 11 is 0. The number of hydrogen-bond donors (Lipinski definition) is 3. The molecular formula is C10H16N2O3. The van der Waals surface area contributed by atoms with E-state index < -0.39 is 5.97 Å². The predicted molar refractivity (Wildman–Crippen MR) is 55.7 cm³/mol. The Labute approximate surface area is 88.3 Å². The van der Waals surface area contributed by atoms with Crippen molar-refractivity contribution in [2.45, 2.75) is 19.4 Å². The van der Waals surface area contributed by atoms with Crippen molar-refractivity contribution in [3.05, 3.63) is 23.7 Å². The largest absolute Gasteiger partial charge is 0.475 e. The molecule has 0 unspecified atom stereocenters. The molecule has 0 bridgehead atoms. The number of carboxylic acids is 1. The topological polar surface area (TPSA) is 88.5 Å². The summed E-state index contributed by atoms with van der Waals surface area (Å²) in [7, 11) is 0. The molecule has 0 aromatic carbocycles. The van der Waals surface area contributed by atoms with Gasteiger partial charge in [-0.1, -0.05) is 0 Å². The van der Waals surface area contributed by atoms with Gasteiger partial charge in [0.25, 0.3) is 0 Å². The first-order valence-corrected chi connectivity index (χ1v) is 4.97. The molecule has 4 N–H and O–H groups in total. The number of nitrogens with two attached hydrogens (primary N) is 1. The number of furan rings is 1. The van der Waals surface area contributed by atoms with Crippen molar-refractivity contribution in [3.8, 4) is 0 Å². The molecule has 0 saturated heterocycles. The van der Waals surface area contributed by atoms with E-state index in [0.29, 0.717) is 18.8 Å².